The monoisotopic (exact) mass is 182 g/mol. The van der Waals surface area contributed by atoms with Gasteiger partial charge in [0.05, 0.1) is 13.7 Å². The molecule has 0 saturated carbocycles. The maximum Gasteiger partial charge on any atom is 0.161 e. The molecule has 0 atom stereocenters. The van der Waals surface area contributed by atoms with Gasteiger partial charge in [-0.05, 0) is 17.7 Å². The van der Waals surface area contributed by atoms with Crippen molar-refractivity contribution in [3.05, 3.63) is 23.3 Å². The van der Waals surface area contributed by atoms with Gasteiger partial charge in [0.2, 0.25) is 0 Å². The molecular weight excluding hydrogens is 172 g/mol. The van der Waals surface area contributed by atoms with Crippen molar-refractivity contribution in [1.82, 2.24) is 0 Å². The summed E-state index contributed by atoms with van der Waals surface area (Å²) in [6, 6.07) is 2.69. The number of hydrogen-bond donors (Lipinski definition) is 2. The largest absolute Gasteiger partial charge is 0.504 e. The van der Waals surface area contributed by atoms with Crippen LogP contribution in [-0.2, 0) is 6.61 Å². The summed E-state index contributed by atoms with van der Waals surface area (Å²) in [5.41, 5.74) is 0.699. The Kier molecular flexibility index (Phi) is 2.87. The van der Waals surface area contributed by atoms with Crippen molar-refractivity contribution >= 4 is 6.29 Å². The number of ether oxygens (including phenoxy) is 1. The van der Waals surface area contributed by atoms with E-state index in [1.54, 1.807) is 0 Å². The van der Waals surface area contributed by atoms with Gasteiger partial charge in [-0.15, -0.1) is 0 Å². The van der Waals surface area contributed by atoms with E-state index in [2.05, 4.69) is 0 Å². The maximum absolute atomic E-state index is 10.5. The molecule has 0 aliphatic rings. The van der Waals surface area contributed by atoms with Crippen molar-refractivity contribution in [2.75, 3.05) is 7.11 Å². The van der Waals surface area contributed by atoms with Crippen molar-refractivity contribution in [3.63, 3.8) is 0 Å². The number of rotatable bonds is 3. The first-order valence-corrected chi connectivity index (χ1v) is 3.68. The molecule has 0 saturated heterocycles. The van der Waals surface area contributed by atoms with Crippen LogP contribution in [0.25, 0.3) is 0 Å². The number of carbonyl (C=O) groups excluding carboxylic acids is 1. The Labute approximate surface area is 75.4 Å². The first-order chi connectivity index (χ1) is 6.22. The Hall–Kier alpha value is -1.55. The summed E-state index contributed by atoms with van der Waals surface area (Å²) in [5.74, 6) is 0.136. The molecule has 13 heavy (non-hydrogen) atoms. The molecule has 0 aromatic heterocycles. The average Bonchev–Trinajstić information content (AvgIpc) is 2.17. The van der Waals surface area contributed by atoms with E-state index in [0.717, 1.165) is 0 Å². The number of phenols is 1. The minimum Gasteiger partial charge on any atom is -0.504 e. The summed E-state index contributed by atoms with van der Waals surface area (Å²) in [6.07, 6.45) is 0.605. The summed E-state index contributed by atoms with van der Waals surface area (Å²) in [4.78, 5) is 10.5. The highest BCUT2D eigenvalue weighted by Gasteiger charge is 2.07. The molecule has 0 aliphatic heterocycles. The van der Waals surface area contributed by atoms with Crippen molar-refractivity contribution in [1.29, 1.82) is 0 Å². The van der Waals surface area contributed by atoms with Crippen LogP contribution in [0.15, 0.2) is 12.1 Å². The quantitative estimate of drug-likeness (QED) is 0.675. The van der Waals surface area contributed by atoms with E-state index in [4.69, 9.17) is 9.84 Å². The number of aliphatic hydroxyl groups excluding tert-OH is 1. The number of aliphatic hydroxyl groups is 1. The normalized spacial score (nSPS) is 9.69. The SMILES string of the molecule is COc1cc(C=O)c(CO)cc1O. The lowest BCUT2D eigenvalue weighted by molar-refractivity contribution is 0.112. The molecule has 0 aliphatic carbocycles. The molecule has 0 unspecified atom stereocenters. The lowest BCUT2D eigenvalue weighted by atomic mass is 10.1. The smallest absolute Gasteiger partial charge is 0.161 e. The fraction of sp³-hybridized carbons (Fsp3) is 0.222. The number of carbonyl (C=O) groups is 1. The molecule has 1 aromatic rings. The molecule has 2 N–H and O–H groups in total. The van der Waals surface area contributed by atoms with Gasteiger partial charge in [0, 0.05) is 5.56 Å². The summed E-state index contributed by atoms with van der Waals surface area (Å²) in [7, 11) is 1.39. The fourth-order valence-corrected chi connectivity index (χ4v) is 1.04. The molecule has 0 amide bonds. The van der Waals surface area contributed by atoms with Crippen molar-refractivity contribution in [3.8, 4) is 11.5 Å². The van der Waals surface area contributed by atoms with Crippen LogP contribution in [0.4, 0.5) is 0 Å². The zero-order chi connectivity index (χ0) is 9.84. The predicted octanol–water partition coefficient (Wildman–Crippen LogP) is 0.706. The van der Waals surface area contributed by atoms with Crippen molar-refractivity contribution < 1.29 is 19.7 Å². The molecule has 0 heterocycles. The van der Waals surface area contributed by atoms with Crippen LogP contribution < -0.4 is 4.74 Å². The zero-order valence-electron chi connectivity index (χ0n) is 7.15. The molecule has 1 rings (SSSR count). The minimum atomic E-state index is -0.286. The van der Waals surface area contributed by atoms with Gasteiger partial charge in [0.25, 0.3) is 0 Å². The lowest BCUT2D eigenvalue weighted by Gasteiger charge is -2.06. The lowest BCUT2D eigenvalue weighted by Crippen LogP contribution is -1.94. The third-order valence-corrected chi connectivity index (χ3v) is 1.74. The Bertz CT molecular complexity index is 320. The number of methoxy groups -OCH3 is 1. The van der Waals surface area contributed by atoms with E-state index < -0.39 is 0 Å². The van der Waals surface area contributed by atoms with Crippen LogP contribution in [0.2, 0.25) is 0 Å². The van der Waals surface area contributed by atoms with E-state index in [1.165, 1.54) is 19.2 Å². The predicted molar refractivity (Wildman–Crippen MR) is 46.0 cm³/mol. The summed E-state index contributed by atoms with van der Waals surface area (Å²) >= 11 is 0. The van der Waals surface area contributed by atoms with E-state index in [-0.39, 0.29) is 18.1 Å². The van der Waals surface area contributed by atoms with Gasteiger partial charge in [-0.3, -0.25) is 4.79 Å². The van der Waals surface area contributed by atoms with E-state index in [0.29, 0.717) is 17.4 Å². The van der Waals surface area contributed by atoms with Gasteiger partial charge in [-0.1, -0.05) is 0 Å². The summed E-state index contributed by atoms with van der Waals surface area (Å²) in [6.45, 7) is -0.286. The second kappa shape index (κ2) is 3.91. The second-order valence-electron chi connectivity index (χ2n) is 2.50. The zero-order valence-corrected chi connectivity index (χ0v) is 7.15. The second-order valence-corrected chi connectivity index (χ2v) is 2.50. The van der Waals surface area contributed by atoms with Crippen LogP contribution in [0.5, 0.6) is 11.5 Å². The Morgan fingerprint density at radius 2 is 2.23 bits per heavy atom. The van der Waals surface area contributed by atoms with E-state index in [1.807, 2.05) is 0 Å². The van der Waals surface area contributed by atoms with Gasteiger partial charge in [-0.25, -0.2) is 0 Å². The number of phenolic OH excluding ortho intramolecular Hbond substituents is 1. The Morgan fingerprint density at radius 3 is 2.69 bits per heavy atom. The third kappa shape index (κ3) is 1.78. The highest BCUT2D eigenvalue weighted by molar-refractivity contribution is 5.79. The molecule has 0 radical (unpaired) electrons. The van der Waals surface area contributed by atoms with Crippen LogP contribution in [0, 0.1) is 0 Å². The highest BCUT2D eigenvalue weighted by atomic mass is 16.5. The highest BCUT2D eigenvalue weighted by Crippen LogP contribution is 2.28. The summed E-state index contributed by atoms with van der Waals surface area (Å²) < 4.78 is 4.80. The first-order valence-electron chi connectivity index (χ1n) is 3.68. The van der Waals surface area contributed by atoms with E-state index >= 15 is 0 Å². The molecule has 4 heteroatoms. The van der Waals surface area contributed by atoms with E-state index in [9.17, 15) is 9.90 Å². The van der Waals surface area contributed by atoms with Crippen molar-refractivity contribution in [2.24, 2.45) is 0 Å². The minimum absolute atomic E-state index is 0.0860. The number of aldehydes is 1. The molecule has 0 bridgehead atoms. The molecule has 4 nitrogen and oxygen atoms in total. The van der Waals surface area contributed by atoms with Gasteiger partial charge in [0.15, 0.2) is 17.8 Å². The van der Waals surface area contributed by atoms with Crippen LogP contribution >= 0.6 is 0 Å². The average molecular weight is 182 g/mol. The topological polar surface area (TPSA) is 66.8 Å². The van der Waals surface area contributed by atoms with Gasteiger partial charge < -0.3 is 14.9 Å². The van der Waals surface area contributed by atoms with Crippen LogP contribution in [0.1, 0.15) is 15.9 Å². The number of hydrogen-bond acceptors (Lipinski definition) is 4. The van der Waals surface area contributed by atoms with Crippen LogP contribution in [0.3, 0.4) is 0 Å². The Balaban J connectivity index is 3.26. The standard InChI is InChI=1S/C9H10O4/c1-13-9-3-7(5-11)6(4-10)2-8(9)12/h2-3,5,10,12H,4H2,1H3. The first kappa shape index (κ1) is 9.54. The number of benzene rings is 1. The molecular formula is C9H10O4. The molecule has 0 spiro atoms. The van der Waals surface area contributed by atoms with Gasteiger partial charge >= 0.3 is 0 Å². The van der Waals surface area contributed by atoms with Crippen LogP contribution in [-0.4, -0.2) is 23.6 Å². The maximum atomic E-state index is 10.5. The molecule has 0 fully saturated rings. The fourth-order valence-electron chi connectivity index (χ4n) is 1.04. The van der Waals surface area contributed by atoms with Gasteiger partial charge in [-0.2, -0.15) is 0 Å². The third-order valence-electron chi connectivity index (χ3n) is 1.74. The summed E-state index contributed by atoms with van der Waals surface area (Å²) in [5, 5.41) is 18.1. The number of aromatic hydroxyl groups is 1. The molecule has 70 valence electrons. The Morgan fingerprint density at radius 1 is 1.54 bits per heavy atom. The molecule has 1 aromatic carbocycles. The van der Waals surface area contributed by atoms with Crippen molar-refractivity contribution in [2.45, 2.75) is 6.61 Å². The van der Waals surface area contributed by atoms with Gasteiger partial charge in [0.1, 0.15) is 0 Å².